The number of methoxy groups -OCH3 is 1. The lowest BCUT2D eigenvalue weighted by Crippen LogP contribution is -2.48. The van der Waals surface area contributed by atoms with Gasteiger partial charge in [0.05, 0.1) is 18.7 Å². The Balaban J connectivity index is 1.62. The normalized spacial score (nSPS) is 16.4. The molecule has 2 aromatic carbocycles. The average molecular weight is 425 g/mol. The van der Waals surface area contributed by atoms with Crippen molar-refractivity contribution in [3.05, 3.63) is 65.7 Å². The van der Waals surface area contributed by atoms with E-state index in [2.05, 4.69) is 58.2 Å². The summed E-state index contributed by atoms with van der Waals surface area (Å²) in [7, 11) is 1.67. The van der Waals surface area contributed by atoms with Gasteiger partial charge in [0.25, 0.3) is 0 Å². The standard InChI is InChI=1S/C23H29FN6O/c1-23(2,3)30-22(25-26-27-30)21(17-5-11-20(31-4)12-6-17)29-15-13-28(14-16-29)19-9-7-18(24)8-10-19/h5-12,21H,13-16H2,1-4H3. The highest BCUT2D eigenvalue weighted by molar-refractivity contribution is 5.46. The highest BCUT2D eigenvalue weighted by atomic mass is 19.1. The maximum Gasteiger partial charge on any atom is 0.173 e. The Morgan fingerprint density at radius 1 is 0.935 bits per heavy atom. The van der Waals surface area contributed by atoms with Crippen LogP contribution >= 0.6 is 0 Å². The van der Waals surface area contributed by atoms with Crippen LogP contribution < -0.4 is 9.64 Å². The minimum atomic E-state index is -0.237. The fourth-order valence-electron chi connectivity index (χ4n) is 4.04. The van der Waals surface area contributed by atoms with Crippen molar-refractivity contribution in [1.29, 1.82) is 0 Å². The predicted octanol–water partition coefficient (Wildman–Crippen LogP) is 3.49. The molecule has 4 rings (SSSR count). The Bertz CT molecular complexity index is 988. The molecule has 1 atom stereocenters. The maximum atomic E-state index is 13.3. The first-order valence-electron chi connectivity index (χ1n) is 10.5. The number of halogens is 1. The molecule has 0 N–H and O–H groups in total. The van der Waals surface area contributed by atoms with Crippen LogP contribution in [0.1, 0.15) is 38.2 Å². The molecular weight excluding hydrogens is 395 g/mol. The molecule has 8 heteroatoms. The lowest BCUT2D eigenvalue weighted by Gasteiger charge is -2.40. The van der Waals surface area contributed by atoms with Crippen LogP contribution in [0.5, 0.6) is 5.75 Å². The van der Waals surface area contributed by atoms with Gasteiger partial charge in [-0.15, -0.1) is 5.10 Å². The van der Waals surface area contributed by atoms with Crippen molar-refractivity contribution in [2.45, 2.75) is 32.4 Å². The second kappa shape index (κ2) is 8.63. The lowest BCUT2D eigenvalue weighted by molar-refractivity contribution is 0.191. The van der Waals surface area contributed by atoms with Gasteiger partial charge in [0.2, 0.25) is 0 Å². The van der Waals surface area contributed by atoms with Crippen LogP contribution in [0.4, 0.5) is 10.1 Å². The molecule has 0 amide bonds. The van der Waals surface area contributed by atoms with Crippen LogP contribution in [-0.2, 0) is 5.54 Å². The molecule has 1 aliphatic rings. The fourth-order valence-corrected chi connectivity index (χ4v) is 4.04. The van der Waals surface area contributed by atoms with Gasteiger partial charge in [0.1, 0.15) is 11.6 Å². The number of piperazine rings is 1. The first-order chi connectivity index (χ1) is 14.9. The lowest BCUT2D eigenvalue weighted by atomic mass is 10.0. The molecule has 1 fully saturated rings. The van der Waals surface area contributed by atoms with Gasteiger partial charge >= 0.3 is 0 Å². The van der Waals surface area contributed by atoms with Gasteiger partial charge in [0.15, 0.2) is 5.82 Å². The monoisotopic (exact) mass is 424 g/mol. The molecule has 1 saturated heterocycles. The zero-order valence-electron chi connectivity index (χ0n) is 18.5. The quantitative estimate of drug-likeness (QED) is 0.625. The Kier molecular flexibility index (Phi) is 5.91. The van der Waals surface area contributed by atoms with Gasteiger partial charge in [0, 0.05) is 31.9 Å². The Morgan fingerprint density at radius 3 is 2.16 bits per heavy atom. The minimum Gasteiger partial charge on any atom is -0.497 e. The van der Waals surface area contributed by atoms with Crippen molar-refractivity contribution in [3.63, 3.8) is 0 Å². The number of tetrazole rings is 1. The van der Waals surface area contributed by atoms with Crippen LogP contribution in [0.3, 0.4) is 0 Å². The van der Waals surface area contributed by atoms with E-state index in [0.717, 1.165) is 49.0 Å². The third-order valence-corrected chi connectivity index (χ3v) is 5.68. The molecule has 164 valence electrons. The molecule has 2 heterocycles. The molecule has 1 aromatic heterocycles. The second-order valence-corrected chi connectivity index (χ2v) is 8.79. The van der Waals surface area contributed by atoms with E-state index < -0.39 is 0 Å². The third kappa shape index (κ3) is 4.54. The van der Waals surface area contributed by atoms with E-state index in [1.807, 2.05) is 28.9 Å². The van der Waals surface area contributed by atoms with Crippen molar-refractivity contribution in [1.82, 2.24) is 25.1 Å². The topological polar surface area (TPSA) is 59.3 Å². The van der Waals surface area contributed by atoms with Gasteiger partial charge < -0.3 is 9.64 Å². The van der Waals surface area contributed by atoms with E-state index >= 15 is 0 Å². The van der Waals surface area contributed by atoms with Gasteiger partial charge in [-0.3, -0.25) is 4.90 Å². The number of anilines is 1. The smallest absolute Gasteiger partial charge is 0.173 e. The highest BCUT2D eigenvalue weighted by Gasteiger charge is 2.33. The van der Waals surface area contributed by atoms with Gasteiger partial charge in [-0.2, -0.15) is 0 Å². The van der Waals surface area contributed by atoms with Crippen LogP contribution in [-0.4, -0.2) is 58.4 Å². The Labute approximate surface area is 182 Å². The maximum absolute atomic E-state index is 13.3. The number of benzene rings is 2. The van der Waals surface area contributed by atoms with E-state index in [4.69, 9.17) is 4.74 Å². The summed E-state index contributed by atoms with van der Waals surface area (Å²) < 4.78 is 20.6. The summed E-state index contributed by atoms with van der Waals surface area (Å²) in [5.74, 6) is 1.43. The predicted molar refractivity (Wildman–Crippen MR) is 118 cm³/mol. The third-order valence-electron chi connectivity index (χ3n) is 5.68. The molecule has 3 aromatic rings. The zero-order chi connectivity index (χ0) is 22.0. The molecule has 0 bridgehead atoms. The molecule has 0 saturated carbocycles. The summed E-state index contributed by atoms with van der Waals surface area (Å²) in [6, 6.07) is 14.7. The van der Waals surface area contributed by atoms with Crippen LogP contribution in [0.25, 0.3) is 0 Å². The summed E-state index contributed by atoms with van der Waals surface area (Å²) in [6.07, 6.45) is 0. The number of rotatable bonds is 5. The molecule has 0 spiro atoms. The van der Waals surface area contributed by atoms with E-state index in [1.54, 1.807) is 7.11 Å². The van der Waals surface area contributed by atoms with Crippen LogP contribution in [0.15, 0.2) is 48.5 Å². The molecule has 1 unspecified atom stereocenters. The largest absolute Gasteiger partial charge is 0.497 e. The molecule has 0 aliphatic carbocycles. The average Bonchev–Trinajstić information content (AvgIpc) is 3.26. The number of ether oxygens (including phenoxy) is 1. The minimum absolute atomic E-state index is 0.0736. The van der Waals surface area contributed by atoms with E-state index in [0.29, 0.717) is 0 Å². The summed E-state index contributed by atoms with van der Waals surface area (Å²) >= 11 is 0. The van der Waals surface area contributed by atoms with E-state index in [9.17, 15) is 4.39 Å². The van der Waals surface area contributed by atoms with Gasteiger partial charge in [-0.1, -0.05) is 12.1 Å². The van der Waals surface area contributed by atoms with E-state index in [-0.39, 0.29) is 17.4 Å². The number of hydrogen-bond acceptors (Lipinski definition) is 6. The second-order valence-electron chi connectivity index (χ2n) is 8.79. The molecular formula is C23H29FN6O. The summed E-state index contributed by atoms with van der Waals surface area (Å²) in [5.41, 5.74) is 1.93. The number of hydrogen-bond donors (Lipinski definition) is 0. The van der Waals surface area contributed by atoms with Crippen LogP contribution in [0, 0.1) is 5.82 Å². The summed E-state index contributed by atoms with van der Waals surface area (Å²) in [5, 5.41) is 12.7. The first-order valence-corrected chi connectivity index (χ1v) is 10.5. The Morgan fingerprint density at radius 2 is 1.58 bits per heavy atom. The molecule has 0 radical (unpaired) electrons. The molecule has 1 aliphatic heterocycles. The van der Waals surface area contributed by atoms with Crippen molar-refractivity contribution in [2.24, 2.45) is 0 Å². The number of nitrogens with zero attached hydrogens (tertiary/aromatic N) is 6. The fraction of sp³-hybridized carbons (Fsp3) is 0.435. The van der Waals surface area contributed by atoms with Crippen LogP contribution in [0.2, 0.25) is 0 Å². The van der Waals surface area contributed by atoms with Crippen molar-refractivity contribution in [2.75, 3.05) is 38.2 Å². The zero-order valence-corrected chi connectivity index (χ0v) is 18.5. The van der Waals surface area contributed by atoms with Gasteiger partial charge in [-0.25, -0.2) is 9.07 Å². The summed E-state index contributed by atoms with van der Waals surface area (Å²) in [4.78, 5) is 4.70. The van der Waals surface area contributed by atoms with Crippen molar-refractivity contribution in [3.8, 4) is 5.75 Å². The number of aromatic nitrogens is 4. The van der Waals surface area contributed by atoms with Crippen molar-refractivity contribution >= 4 is 5.69 Å². The SMILES string of the molecule is COc1ccc(C(c2nnnn2C(C)(C)C)N2CCN(c3ccc(F)cc3)CC2)cc1. The summed E-state index contributed by atoms with van der Waals surface area (Å²) in [6.45, 7) is 9.67. The molecule has 7 nitrogen and oxygen atoms in total. The highest BCUT2D eigenvalue weighted by Crippen LogP contribution is 2.32. The first kappa shape index (κ1) is 21.2. The van der Waals surface area contributed by atoms with Gasteiger partial charge in [-0.05, 0) is 73.2 Å². The Hall–Kier alpha value is -3.00. The van der Waals surface area contributed by atoms with E-state index in [1.165, 1.54) is 12.1 Å². The molecule has 31 heavy (non-hydrogen) atoms. The van der Waals surface area contributed by atoms with Crippen molar-refractivity contribution < 1.29 is 9.13 Å².